The topological polar surface area (TPSA) is 70.8 Å². The van der Waals surface area contributed by atoms with Crippen LogP contribution in [0.15, 0.2) is 82.3 Å². The third kappa shape index (κ3) is 4.09. The van der Waals surface area contributed by atoms with E-state index in [0.29, 0.717) is 23.6 Å². The normalized spacial score (nSPS) is 11.2. The summed E-state index contributed by atoms with van der Waals surface area (Å²) in [6.45, 7) is 2.41. The van der Waals surface area contributed by atoms with Crippen LogP contribution < -0.4 is 4.31 Å². The lowest BCUT2D eigenvalue weighted by molar-refractivity contribution is 0.0775. The predicted octanol–water partition coefficient (Wildman–Crippen LogP) is 3.77. The summed E-state index contributed by atoms with van der Waals surface area (Å²) in [5.41, 5.74) is 0.988. The van der Waals surface area contributed by atoms with Crippen molar-refractivity contribution in [1.82, 2.24) is 4.90 Å². The molecule has 0 saturated carbocycles. The van der Waals surface area contributed by atoms with Crippen molar-refractivity contribution < 1.29 is 17.6 Å². The number of sulfonamides is 1. The van der Waals surface area contributed by atoms with Gasteiger partial charge in [0.1, 0.15) is 5.76 Å². The van der Waals surface area contributed by atoms with Gasteiger partial charge in [-0.15, -0.1) is 0 Å². The van der Waals surface area contributed by atoms with Crippen molar-refractivity contribution in [3.05, 3.63) is 84.3 Å². The highest BCUT2D eigenvalue weighted by atomic mass is 32.2. The van der Waals surface area contributed by atoms with Crippen molar-refractivity contribution >= 4 is 21.6 Å². The van der Waals surface area contributed by atoms with Crippen LogP contribution in [0.1, 0.15) is 23.0 Å². The summed E-state index contributed by atoms with van der Waals surface area (Å²) in [5, 5.41) is 0. The molecule has 0 saturated heterocycles. The maximum absolute atomic E-state index is 12.9. The number of hydrogen-bond donors (Lipinski definition) is 0. The van der Waals surface area contributed by atoms with Gasteiger partial charge in [-0.1, -0.05) is 18.2 Å². The molecule has 0 unspecified atom stereocenters. The summed E-state index contributed by atoms with van der Waals surface area (Å²) in [6, 6.07) is 18.5. The first kappa shape index (κ1) is 19.7. The molecule has 0 aliphatic heterocycles. The first-order chi connectivity index (χ1) is 13.4. The molecule has 6 nitrogen and oxygen atoms in total. The molecule has 0 aliphatic carbocycles. The van der Waals surface area contributed by atoms with Crippen LogP contribution in [0.25, 0.3) is 0 Å². The quantitative estimate of drug-likeness (QED) is 0.607. The average Bonchev–Trinajstić information content (AvgIpc) is 3.22. The van der Waals surface area contributed by atoms with Crippen molar-refractivity contribution in [2.75, 3.05) is 17.9 Å². The number of benzene rings is 2. The number of carbonyl (C=O) groups is 1. The summed E-state index contributed by atoms with van der Waals surface area (Å²) in [5.74, 6) is 0.524. The van der Waals surface area contributed by atoms with Gasteiger partial charge in [-0.05, 0) is 55.5 Å². The molecule has 7 heteroatoms. The summed E-state index contributed by atoms with van der Waals surface area (Å²) < 4.78 is 32.4. The lowest BCUT2D eigenvalue weighted by atomic mass is 10.2. The maximum atomic E-state index is 12.9. The highest BCUT2D eigenvalue weighted by molar-refractivity contribution is 7.92. The van der Waals surface area contributed by atoms with Crippen molar-refractivity contribution in [3.63, 3.8) is 0 Å². The third-order valence-corrected chi connectivity index (χ3v) is 6.26. The Hall–Kier alpha value is -3.06. The fourth-order valence-corrected chi connectivity index (χ4v) is 4.40. The van der Waals surface area contributed by atoms with E-state index in [2.05, 4.69) is 0 Å². The standard InChI is InChI=1S/C21H22N2O4S/c1-3-23(28(25,26)20-9-5-4-6-10-20)18-13-11-17(12-14-18)21(24)22(2)16-19-8-7-15-27-19/h4-15H,3,16H2,1-2H3. The number of anilines is 1. The summed E-state index contributed by atoms with van der Waals surface area (Å²) in [7, 11) is -1.97. The van der Waals surface area contributed by atoms with Crippen LogP contribution in [-0.2, 0) is 16.6 Å². The molecule has 1 amide bonds. The van der Waals surface area contributed by atoms with Crippen LogP contribution in [0, 0.1) is 0 Å². The van der Waals surface area contributed by atoms with E-state index in [9.17, 15) is 13.2 Å². The van der Waals surface area contributed by atoms with Gasteiger partial charge >= 0.3 is 0 Å². The van der Waals surface area contributed by atoms with Gasteiger partial charge in [-0.2, -0.15) is 0 Å². The van der Waals surface area contributed by atoms with Gasteiger partial charge in [0.15, 0.2) is 0 Å². The van der Waals surface area contributed by atoms with Gasteiger partial charge in [0, 0.05) is 19.2 Å². The van der Waals surface area contributed by atoms with E-state index in [4.69, 9.17) is 4.42 Å². The second-order valence-corrected chi connectivity index (χ2v) is 8.13. The second-order valence-electron chi connectivity index (χ2n) is 6.27. The zero-order valence-electron chi connectivity index (χ0n) is 15.8. The Labute approximate surface area is 165 Å². The molecule has 0 fully saturated rings. The first-order valence-corrected chi connectivity index (χ1v) is 10.3. The molecule has 0 aliphatic rings. The Morgan fingerprint density at radius 3 is 2.21 bits per heavy atom. The molecule has 1 heterocycles. The van der Waals surface area contributed by atoms with E-state index in [1.807, 2.05) is 0 Å². The van der Waals surface area contributed by atoms with Crippen LogP contribution in [0.3, 0.4) is 0 Å². The molecular weight excluding hydrogens is 376 g/mol. The van der Waals surface area contributed by atoms with Crippen LogP contribution in [0.5, 0.6) is 0 Å². The van der Waals surface area contributed by atoms with E-state index in [1.54, 1.807) is 91.9 Å². The number of furan rings is 1. The lowest BCUT2D eigenvalue weighted by Gasteiger charge is -2.23. The Kier molecular flexibility index (Phi) is 5.84. The summed E-state index contributed by atoms with van der Waals surface area (Å²) in [6.07, 6.45) is 1.56. The lowest BCUT2D eigenvalue weighted by Crippen LogP contribution is -2.31. The highest BCUT2D eigenvalue weighted by Crippen LogP contribution is 2.24. The second kappa shape index (κ2) is 8.31. The first-order valence-electron chi connectivity index (χ1n) is 8.89. The third-order valence-electron chi connectivity index (χ3n) is 4.34. The predicted molar refractivity (Wildman–Crippen MR) is 108 cm³/mol. The molecule has 28 heavy (non-hydrogen) atoms. The van der Waals surface area contributed by atoms with Crippen molar-refractivity contribution in [1.29, 1.82) is 0 Å². The highest BCUT2D eigenvalue weighted by Gasteiger charge is 2.23. The van der Waals surface area contributed by atoms with Crippen LogP contribution >= 0.6 is 0 Å². The number of amides is 1. The zero-order chi connectivity index (χ0) is 20.1. The number of hydrogen-bond acceptors (Lipinski definition) is 4. The van der Waals surface area contributed by atoms with Gasteiger partial charge in [0.25, 0.3) is 15.9 Å². The molecule has 0 bridgehead atoms. The Morgan fingerprint density at radius 1 is 0.964 bits per heavy atom. The zero-order valence-corrected chi connectivity index (χ0v) is 16.6. The monoisotopic (exact) mass is 398 g/mol. The van der Waals surface area contributed by atoms with E-state index in [-0.39, 0.29) is 17.3 Å². The molecule has 0 radical (unpaired) electrons. The molecule has 1 aromatic heterocycles. The smallest absolute Gasteiger partial charge is 0.264 e. The summed E-state index contributed by atoms with van der Waals surface area (Å²) >= 11 is 0. The number of rotatable bonds is 7. The molecule has 146 valence electrons. The van der Waals surface area contributed by atoms with Crippen LogP contribution in [0.2, 0.25) is 0 Å². The van der Waals surface area contributed by atoms with Crippen molar-refractivity contribution in [2.45, 2.75) is 18.4 Å². The Morgan fingerprint density at radius 2 is 1.64 bits per heavy atom. The minimum absolute atomic E-state index is 0.170. The van der Waals surface area contributed by atoms with E-state index < -0.39 is 10.0 Å². The number of nitrogens with zero attached hydrogens (tertiary/aromatic N) is 2. The van der Waals surface area contributed by atoms with Crippen molar-refractivity contribution in [3.8, 4) is 0 Å². The minimum atomic E-state index is -3.66. The molecule has 3 aromatic rings. The van der Waals surface area contributed by atoms with Gasteiger partial charge in [0.05, 0.1) is 23.4 Å². The van der Waals surface area contributed by atoms with E-state index in [0.717, 1.165) is 0 Å². The maximum Gasteiger partial charge on any atom is 0.264 e. The van der Waals surface area contributed by atoms with Gasteiger partial charge in [-0.3, -0.25) is 9.10 Å². The number of carbonyl (C=O) groups excluding carboxylic acids is 1. The molecule has 3 rings (SSSR count). The SMILES string of the molecule is CCN(c1ccc(C(=O)N(C)Cc2ccco2)cc1)S(=O)(=O)c1ccccc1. The molecular formula is C21H22N2O4S. The largest absolute Gasteiger partial charge is 0.467 e. The molecule has 0 spiro atoms. The molecule has 0 N–H and O–H groups in total. The fourth-order valence-electron chi connectivity index (χ4n) is 2.91. The fraction of sp³-hybridized carbons (Fsp3) is 0.190. The van der Waals surface area contributed by atoms with E-state index in [1.165, 1.54) is 4.31 Å². The summed E-state index contributed by atoms with van der Waals surface area (Å²) in [4.78, 5) is 14.4. The van der Waals surface area contributed by atoms with Gasteiger partial charge < -0.3 is 9.32 Å². The Balaban J connectivity index is 1.80. The molecule has 0 atom stereocenters. The van der Waals surface area contributed by atoms with Gasteiger partial charge in [-0.25, -0.2) is 8.42 Å². The van der Waals surface area contributed by atoms with Crippen LogP contribution in [0.4, 0.5) is 5.69 Å². The molecule has 2 aromatic carbocycles. The van der Waals surface area contributed by atoms with E-state index >= 15 is 0 Å². The van der Waals surface area contributed by atoms with Crippen molar-refractivity contribution in [2.24, 2.45) is 0 Å². The van der Waals surface area contributed by atoms with Crippen LogP contribution in [-0.4, -0.2) is 32.8 Å². The average molecular weight is 398 g/mol. The van der Waals surface area contributed by atoms with Gasteiger partial charge in [0.2, 0.25) is 0 Å². The minimum Gasteiger partial charge on any atom is -0.467 e. The Bertz CT molecular complexity index is 1010.